The molecule has 1 amide bonds. The number of amides is 1. The van der Waals surface area contributed by atoms with Crippen LogP contribution in [0.25, 0.3) is 0 Å². The van der Waals surface area contributed by atoms with Crippen molar-refractivity contribution >= 4 is 34.2 Å². The first kappa shape index (κ1) is 21.1. The van der Waals surface area contributed by atoms with Crippen molar-refractivity contribution in [3.63, 3.8) is 0 Å². The zero-order valence-corrected chi connectivity index (χ0v) is 16.5. The maximum absolute atomic E-state index is 12.1. The first-order chi connectivity index (χ1) is 11.0. The number of halogens is 2. The van der Waals surface area contributed by atoms with Crippen molar-refractivity contribution < 1.29 is 14.3 Å². The van der Waals surface area contributed by atoms with Gasteiger partial charge in [-0.3, -0.25) is 4.79 Å². The number of nitrogens with two attached hydrogens (primary N) is 1. The topological polar surface area (TPSA) is 73.6 Å². The second-order valence-electron chi connectivity index (χ2n) is 5.74. The lowest BCUT2D eigenvalue weighted by Crippen LogP contribution is -2.39. The van der Waals surface area contributed by atoms with Crippen LogP contribution in [0.4, 0.5) is 0 Å². The molecule has 0 aromatic heterocycles. The Bertz CT molecular complexity index is 553. The van der Waals surface area contributed by atoms with Crippen molar-refractivity contribution in [2.75, 3.05) is 19.8 Å². The Labute approximate surface area is 158 Å². The molecule has 1 aromatic rings. The number of benzene rings is 1. The van der Waals surface area contributed by atoms with Gasteiger partial charge < -0.3 is 20.5 Å². The van der Waals surface area contributed by atoms with Crippen molar-refractivity contribution in [1.82, 2.24) is 5.32 Å². The third-order valence-electron chi connectivity index (χ3n) is 3.83. The second-order valence-corrected chi connectivity index (χ2v) is 6.59. The number of hydrogen-bond donors (Lipinski definition) is 2. The molecule has 5 nitrogen and oxygen atoms in total. The SMILES string of the molecule is CCOc1cc(Br)c(CC(=O)NCC(N)C2CC2)cc1OCC.Cl. The molecule has 1 unspecified atom stereocenters. The molecular weight excluding hydrogens is 396 g/mol. The van der Waals surface area contributed by atoms with Crippen molar-refractivity contribution in [3.05, 3.63) is 22.2 Å². The van der Waals surface area contributed by atoms with E-state index in [4.69, 9.17) is 15.2 Å². The average Bonchev–Trinajstić information content (AvgIpc) is 3.34. The molecule has 7 heteroatoms. The Morgan fingerprint density at radius 3 is 2.42 bits per heavy atom. The van der Waals surface area contributed by atoms with Crippen molar-refractivity contribution in [1.29, 1.82) is 0 Å². The average molecular weight is 422 g/mol. The number of nitrogens with one attached hydrogen (secondary N) is 1. The molecule has 1 atom stereocenters. The Balaban J connectivity index is 0.00000288. The monoisotopic (exact) mass is 420 g/mol. The predicted molar refractivity (Wildman–Crippen MR) is 101 cm³/mol. The van der Waals surface area contributed by atoms with Crippen LogP contribution >= 0.6 is 28.3 Å². The van der Waals surface area contributed by atoms with E-state index in [1.807, 2.05) is 26.0 Å². The van der Waals surface area contributed by atoms with E-state index >= 15 is 0 Å². The molecule has 0 radical (unpaired) electrons. The van der Waals surface area contributed by atoms with Crippen molar-refractivity contribution in [3.8, 4) is 11.5 Å². The van der Waals surface area contributed by atoms with Crippen LogP contribution < -0.4 is 20.5 Å². The molecule has 1 aliphatic rings. The molecule has 3 N–H and O–H groups in total. The molecule has 0 aliphatic heterocycles. The fraction of sp³-hybridized carbons (Fsp3) is 0.588. The standard InChI is InChI=1S/C17H25BrN2O3.ClH/c1-3-22-15-7-12(13(18)9-16(15)23-4-2)8-17(21)20-10-14(19)11-5-6-11;/h7,9,11,14H,3-6,8,10,19H2,1-2H3,(H,20,21);1H. The van der Waals surface area contributed by atoms with E-state index < -0.39 is 0 Å². The highest BCUT2D eigenvalue weighted by Crippen LogP contribution is 2.34. The van der Waals surface area contributed by atoms with Crippen LogP contribution in [0.2, 0.25) is 0 Å². The van der Waals surface area contributed by atoms with Crippen LogP contribution in [0, 0.1) is 5.92 Å². The largest absolute Gasteiger partial charge is 0.490 e. The van der Waals surface area contributed by atoms with Crippen LogP contribution in [0.3, 0.4) is 0 Å². The molecule has 2 rings (SSSR count). The van der Waals surface area contributed by atoms with Crippen LogP contribution in [0.15, 0.2) is 16.6 Å². The van der Waals surface area contributed by atoms with Gasteiger partial charge in [-0.1, -0.05) is 15.9 Å². The lowest BCUT2D eigenvalue weighted by molar-refractivity contribution is -0.120. The van der Waals surface area contributed by atoms with Gasteiger partial charge in [-0.25, -0.2) is 0 Å². The summed E-state index contributed by atoms with van der Waals surface area (Å²) in [6, 6.07) is 3.79. The van der Waals surface area contributed by atoms with E-state index in [0.717, 1.165) is 10.0 Å². The summed E-state index contributed by atoms with van der Waals surface area (Å²) in [6.07, 6.45) is 2.64. The molecule has 1 saturated carbocycles. The summed E-state index contributed by atoms with van der Waals surface area (Å²) in [5.74, 6) is 1.89. The maximum atomic E-state index is 12.1. The molecule has 1 aromatic carbocycles. The minimum absolute atomic E-state index is 0. The quantitative estimate of drug-likeness (QED) is 0.643. The van der Waals surface area contributed by atoms with E-state index in [9.17, 15) is 4.79 Å². The molecule has 1 fully saturated rings. The molecule has 0 saturated heterocycles. The maximum Gasteiger partial charge on any atom is 0.224 e. The van der Waals surface area contributed by atoms with Crippen molar-refractivity contribution in [2.24, 2.45) is 11.7 Å². The van der Waals surface area contributed by atoms with E-state index in [0.29, 0.717) is 37.2 Å². The second kappa shape index (κ2) is 10.1. The molecule has 136 valence electrons. The zero-order chi connectivity index (χ0) is 16.8. The zero-order valence-electron chi connectivity index (χ0n) is 14.1. The van der Waals surface area contributed by atoms with Gasteiger partial charge in [0.2, 0.25) is 5.91 Å². The van der Waals surface area contributed by atoms with Gasteiger partial charge in [0.25, 0.3) is 0 Å². The number of carbonyl (C=O) groups excluding carboxylic acids is 1. The van der Waals surface area contributed by atoms with Gasteiger partial charge in [0.1, 0.15) is 0 Å². The Kier molecular flexibility index (Phi) is 8.87. The smallest absolute Gasteiger partial charge is 0.224 e. The number of hydrogen-bond acceptors (Lipinski definition) is 4. The van der Waals surface area contributed by atoms with E-state index in [-0.39, 0.29) is 30.8 Å². The molecule has 0 spiro atoms. The lowest BCUT2D eigenvalue weighted by Gasteiger charge is -2.15. The van der Waals surface area contributed by atoms with Crippen LogP contribution in [-0.2, 0) is 11.2 Å². The highest BCUT2D eigenvalue weighted by molar-refractivity contribution is 9.10. The number of ether oxygens (including phenoxy) is 2. The van der Waals surface area contributed by atoms with E-state index in [2.05, 4.69) is 21.2 Å². The minimum atomic E-state index is -0.0339. The summed E-state index contributed by atoms with van der Waals surface area (Å²) in [5, 5.41) is 2.91. The molecular formula is C17H26BrClN2O3. The Morgan fingerprint density at radius 1 is 1.29 bits per heavy atom. The van der Waals surface area contributed by atoms with Gasteiger partial charge in [-0.15, -0.1) is 12.4 Å². The van der Waals surface area contributed by atoms with Crippen molar-refractivity contribution in [2.45, 2.75) is 39.2 Å². The van der Waals surface area contributed by atoms with E-state index in [1.54, 1.807) is 0 Å². The van der Waals surface area contributed by atoms with Crippen LogP contribution in [0.5, 0.6) is 11.5 Å². The minimum Gasteiger partial charge on any atom is -0.490 e. The summed E-state index contributed by atoms with van der Waals surface area (Å²) in [4.78, 5) is 12.1. The van der Waals surface area contributed by atoms with Crippen LogP contribution in [0.1, 0.15) is 32.3 Å². The van der Waals surface area contributed by atoms with Gasteiger partial charge in [-0.05, 0) is 50.3 Å². The fourth-order valence-electron chi connectivity index (χ4n) is 2.41. The third-order valence-corrected chi connectivity index (χ3v) is 4.56. The summed E-state index contributed by atoms with van der Waals surface area (Å²) < 4.78 is 12.0. The summed E-state index contributed by atoms with van der Waals surface area (Å²) in [7, 11) is 0. The highest BCUT2D eigenvalue weighted by atomic mass is 79.9. The van der Waals surface area contributed by atoms with Gasteiger partial charge in [0.05, 0.1) is 19.6 Å². The van der Waals surface area contributed by atoms with Gasteiger partial charge in [0, 0.05) is 17.1 Å². The lowest BCUT2D eigenvalue weighted by atomic mass is 10.1. The van der Waals surface area contributed by atoms with Crippen LogP contribution in [-0.4, -0.2) is 31.7 Å². The fourth-order valence-corrected chi connectivity index (χ4v) is 2.87. The molecule has 24 heavy (non-hydrogen) atoms. The summed E-state index contributed by atoms with van der Waals surface area (Å²) >= 11 is 3.50. The van der Waals surface area contributed by atoms with E-state index in [1.165, 1.54) is 12.8 Å². The third kappa shape index (κ3) is 6.15. The number of carbonyl (C=O) groups is 1. The normalized spacial score (nSPS) is 14.5. The summed E-state index contributed by atoms with van der Waals surface area (Å²) in [5.41, 5.74) is 6.88. The molecule has 1 aliphatic carbocycles. The molecule has 0 heterocycles. The summed E-state index contributed by atoms with van der Waals surface area (Å²) in [6.45, 7) is 5.49. The Hall–Kier alpha value is -0.980. The van der Waals surface area contributed by atoms with Gasteiger partial charge in [-0.2, -0.15) is 0 Å². The Morgan fingerprint density at radius 2 is 1.88 bits per heavy atom. The van der Waals surface area contributed by atoms with Gasteiger partial charge >= 0.3 is 0 Å². The van der Waals surface area contributed by atoms with Gasteiger partial charge in [0.15, 0.2) is 11.5 Å². The highest BCUT2D eigenvalue weighted by Gasteiger charge is 2.28. The first-order valence-electron chi connectivity index (χ1n) is 8.15. The number of rotatable bonds is 9. The molecule has 0 bridgehead atoms. The predicted octanol–water partition coefficient (Wildman–Crippen LogP) is 3.06. The first-order valence-corrected chi connectivity index (χ1v) is 8.94.